The highest BCUT2D eigenvalue weighted by molar-refractivity contribution is 5.87. The van der Waals surface area contributed by atoms with Crippen molar-refractivity contribution in [1.82, 2.24) is 5.32 Å². The van der Waals surface area contributed by atoms with Crippen LogP contribution in [0.2, 0.25) is 0 Å². The van der Waals surface area contributed by atoms with Crippen LogP contribution < -0.4 is 5.32 Å². The van der Waals surface area contributed by atoms with Gasteiger partial charge in [0.25, 0.3) is 5.91 Å². The molecular formula is C14H15F4NO3. The predicted molar refractivity (Wildman–Crippen MR) is 69.7 cm³/mol. The first kappa shape index (κ1) is 17.9. The molecule has 1 amide bonds. The molecule has 1 rings (SSSR count). The number of alkyl halides is 4. The number of carbonyl (C=O) groups is 2. The summed E-state index contributed by atoms with van der Waals surface area (Å²) in [5.41, 5.74) is -1.24. The van der Waals surface area contributed by atoms with Crippen molar-refractivity contribution in [2.45, 2.75) is 32.2 Å². The average molecular weight is 321 g/mol. The van der Waals surface area contributed by atoms with Gasteiger partial charge < -0.3 is 10.4 Å². The van der Waals surface area contributed by atoms with Crippen molar-refractivity contribution in [1.29, 1.82) is 0 Å². The normalized spacial score (nSPS) is 14.5. The lowest BCUT2D eigenvalue weighted by molar-refractivity contribution is -0.144. The van der Waals surface area contributed by atoms with Gasteiger partial charge >= 0.3 is 12.1 Å². The van der Waals surface area contributed by atoms with Crippen LogP contribution in [0.15, 0.2) is 24.3 Å². The van der Waals surface area contributed by atoms with Crippen molar-refractivity contribution in [3.63, 3.8) is 0 Å². The monoisotopic (exact) mass is 321 g/mol. The highest BCUT2D eigenvalue weighted by Crippen LogP contribution is 2.30. The fourth-order valence-electron chi connectivity index (χ4n) is 1.73. The standard InChI is InChI=1S/C14H15F4NO3/c1-7(2)11(13(21)22)19-12(20)10(15)8-3-5-9(6-4-8)14(16,17)18/h3-7,10-11H,1-2H3,(H,19,20)(H,21,22)/t10?,11-/m0/s1. The summed E-state index contributed by atoms with van der Waals surface area (Å²) in [5, 5.41) is 10.9. The van der Waals surface area contributed by atoms with Gasteiger partial charge in [-0.15, -0.1) is 0 Å². The number of hydrogen-bond acceptors (Lipinski definition) is 2. The Balaban J connectivity index is 2.85. The molecule has 0 saturated carbocycles. The summed E-state index contributed by atoms with van der Waals surface area (Å²) in [6.07, 6.45) is -6.80. The maximum Gasteiger partial charge on any atom is 0.416 e. The zero-order valence-corrected chi connectivity index (χ0v) is 11.8. The number of aliphatic carboxylic acids is 1. The summed E-state index contributed by atoms with van der Waals surface area (Å²) in [5.74, 6) is -3.00. The Kier molecular flexibility index (Phi) is 5.51. The van der Waals surface area contributed by atoms with E-state index >= 15 is 0 Å². The van der Waals surface area contributed by atoms with E-state index in [0.29, 0.717) is 12.1 Å². The van der Waals surface area contributed by atoms with Crippen LogP contribution in [-0.4, -0.2) is 23.0 Å². The van der Waals surface area contributed by atoms with Crippen molar-refractivity contribution >= 4 is 11.9 Å². The Labute approximate surface area is 124 Å². The number of amides is 1. The third kappa shape index (κ3) is 4.44. The molecule has 0 saturated heterocycles. The Morgan fingerprint density at radius 3 is 2.00 bits per heavy atom. The van der Waals surface area contributed by atoms with Crippen LogP contribution in [0.5, 0.6) is 0 Å². The molecule has 0 heterocycles. The van der Waals surface area contributed by atoms with Gasteiger partial charge in [-0.2, -0.15) is 13.2 Å². The van der Waals surface area contributed by atoms with Gasteiger partial charge in [-0.25, -0.2) is 9.18 Å². The van der Waals surface area contributed by atoms with Crippen molar-refractivity contribution < 1.29 is 32.3 Å². The van der Waals surface area contributed by atoms with Crippen LogP contribution in [0.3, 0.4) is 0 Å². The van der Waals surface area contributed by atoms with Crippen LogP contribution in [0, 0.1) is 5.92 Å². The van der Waals surface area contributed by atoms with E-state index in [1.807, 2.05) is 5.32 Å². The molecule has 2 N–H and O–H groups in total. The molecule has 0 aliphatic heterocycles. The van der Waals surface area contributed by atoms with Crippen LogP contribution in [0.1, 0.15) is 31.1 Å². The van der Waals surface area contributed by atoms with Gasteiger partial charge in [0.2, 0.25) is 6.17 Å². The average Bonchev–Trinajstić information content (AvgIpc) is 2.42. The van der Waals surface area contributed by atoms with E-state index in [2.05, 4.69) is 0 Å². The topological polar surface area (TPSA) is 66.4 Å². The minimum atomic E-state index is -4.56. The number of carboxylic acids is 1. The van der Waals surface area contributed by atoms with E-state index in [4.69, 9.17) is 5.11 Å². The summed E-state index contributed by atoms with van der Waals surface area (Å²) in [6.45, 7) is 3.06. The first-order chi connectivity index (χ1) is 10.0. The minimum Gasteiger partial charge on any atom is -0.480 e. The van der Waals surface area contributed by atoms with Crippen LogP contribution >= 0.6 is 0 Å². The van der Waals surface area contributed by atoms with Gasteiger partial charge in [0, 0.05) is 0 Å². The van der Waals surface area contributed by atoms with Gasteiger partial charge in [-0.3, -0.25) is 4.79 Å². The van der Waals surface area contributed by atoms with Crippen LogP contribution in [-0.2, 0) is 15.8 Å². The van der Waals surface area contributed by atoms with Crippen LogP contribution in [0.25, 0.3) is 0 Å². The minimum absolute atomic E-state index is 0.279. The Hall–Kier alpha value is -2.12. The lowest BCUT2D eigenvalue weighted by Crippen LogP contribution is -2.45. The summed E-state index contributed by atoms with van der Waals surface area (Å²) in [4.78, 5) is 22.6. The fourth-order valence-corrected chi connectivity index (χ4v) is 1.73. The van der Waals surface area contributed by atoms with E-state index in [0.717, 1.165) is 12.1 Å². The van der Waals surface area contributed by atoms with E-state index in [1.165, 1.54) is 13.8 Å². The molecule has 1 aromatic rings. The number of carbonyl (C=O) groups excluding carboxylic acids is 1. The van der Waals surface area contributed by atoms with E-state index in [1.54, 1.807) is 0 Å². The highest BCUT2D eigenvalue weighted by atomic mass is 19.4. The Bertz CT molecular complexity index is 540. The second-order valence-corrected chi connectivity index (χ2v) is 5.05. The summed E-state index contributed by atoms with van der Waals surface area (Å²) < 4.78 is 51.1. The first-order valence-corrected chi connectivity index (χ1v) is 6.38. The molecule has 0 aliphatic rings. The molecule has 122 valence electrons. The first-order valence-electron chi connectivity index (χ1n) is 6.38. The SMILES string of the molecule is CC(C)[C@H](NC(=O)C(F)c1ccc(C(F)(F)F)cc1)C(=O)O. The molecule has 2 atom stereocenters. The van der Waals surface area contributed by atoms with Crippen LogP contribution in [0.4, 0.5) is 17.6 Å². The highest BCUT2D eigenvalue weighted by Gasteiger charge is 2.32. The molecule has 0 aromatic heterocycles. The smallest absolute Gasteiger partial charge is 0.416 e. The maximum atomic E-state index is 14.0. The number of halogens is 4. The van der Waals surface area contributed by atoms with Gasteiger partial charge in [-0.1, -0.05) is 26.0 Å². The van der Waals surface area contributed by atoms with E-state index in [9.17, 15) is 27.2 Å². The summed E-state index contributed by atoms with van der Waals surface area (Å²) in [6, 6.07) is 1.73. The number of benzene rings is 1. The molecule has 8 heteroatoms. The van der Waals surface area contributed by atoms with Crippen molar-refractivity contribution in [3.8, 4) is 0 Å². The summed E-state index contributed by atoms with van der Waals surface area (Å²) >= 11 is 0. The fraction of sp³-hybridized carbons (Fsp3) is 0.429. The largest absolute Gasteiger partial charge is 0.480 e. The zero-order chi connectivity index (χ0) is 17.1. The predicted octanol–water partition coefficient (Wildman–Crippen LogP) is 2.94. The third-order valence-electron chi connectivity index (χ3n) is 2.99. The zero-order valence-electron chi connectivity index (χ0n) is 11.8. The van der Waals surface area contributed by atoms with Gasteiger partial charge in [0.1, 0.15) is 6.04 Å². The molecule has 4 nitrogen and oxygen atoms in total. The van der Waals surface area contributed by atoms with E-state index < -0.39 is 41.7 Å². The van der Waals surface area contributed by atoms with Crippen molar-refractivity contribution in [2.24, 2.45) is 5.92 Å². The lowest BCUT2D eigenvalue weighted by atomic mass is 10.0. The molecule has 22 heavy (non-hydrogen) atoms. The number of nitrogens with one attached hydrogen (secondary N) is 1. The molecular weight excluding hydrogens is 306 g/mol. The third-order valence-corrected chi connectivity index (χ3v) is 2.99. The van der Waals surface area contributed by atoms with Gasteiger partial charge in [-0.05, 0) is 23.6 Å². The molecule has 0 aliphatic carbocycles. The second-order valence-electron chi connectivity index (χ2n) is 5.05. The molecule has 0 radical (unpaired) electrons. The number of hydrogen-bond donors (Lipinski definition) is 2. The molecule has 1 unspecified atom stereocenters. The molecule has 1 aromatic carbocycles. The van der Waals surface area contributed by atoms with Crippen molar-refractivity contribution in [3.05, 3.63) is 35.4 Å². The maximum absolute atomic E-state index is 14.0. The lowest BCUT2D eigenvalue weighted by Gasteiger charge is -2.19. The van der Waals surface area contributed by atoms with Gasteiger partial charge in [0.15, 0.2) is 0 Å². The quantitative estimate of drug-likeness (QED) is 0.820. The number of rotatable bonds is 5. The van der Waals surface area contributed by atoms with Crippen molar-refractivity contribution in [2.75, 3.05) is 0 Å². The van der Waals surface area contributed by atoms with Gasteiger partial charge in [0.05, 0.1) is 5.56 Å². The molecule has 0 bridgehead atoms. The summed E-state index contributed by atoms with van der Waals surface area (Å²) in [7, 11) is 0. The Morgan fingerprint density at radius 1 is 1.14 bits per heavy atom. The molecule has 0 fully saturated rings. The van der Waals surface area contributed by atoms with E-state index in [-0.39, 0.29) is 5.56 Å². The number of carboxylic acid groups (broad SMARTS) is 1. The Morgan fingerprint density at radius 2 is 1.64 bits per heavy atom. The molecule has 0 spiro atoms. The second kappa shape index (κ2) is 6.76.